The Bertz CT molecular complexity index is 277. The van der Waals surface area contributed by atoms with Crippen LogP contribution in [-0.4, -0.2) is 13.1 Å². The van der Waals surface area contributed by atoms with E-state index in [4.69, 9.17) is 4.42 Å². The minimum atomic E-state index is -0.395. The van der Waals surface area contributed by atoms with Gasteiger partial charge in [-0.15, -0.1) is 0 Å². The molecule has 0 bridgehead atoms. The summed E-state index contributed by atoms with van der Waals surface area (Å²) in [4.78, 5) is 10.9. The number of carbonyl (C=O) groups excluding carboxylic acids is 1. The van der Waals surface area contributed by atoms with E-state index in [1.165, 1.54) is 7.11 Å². The Morgan fingerprint density at radius 1 is 1.73 bits per heavy atom. The van der Waals surface area contributed by atoms with Crippen LogP contribution in [0.3, 0.4) is 0 Å². The van der Waals surface area contributed by atoms with E-state index < -0.39 is 5.97 Å². The lowest BCUT2D eigenvalue weighted by Crippen LogP contribution is -1.99. The van der Waals surface area contributed by atoms with Crippen molar-refractivity contribution in [3.63, 3.8) is 0 Å². The molecule has 1 aromatic rings. The van der Waals surface area contributed by atoms with Crippen LogP contribution in [0.25, 0.3) is 0 Å². The van der Waals surface area contributed by atoms with Crippen LogP contribution in [0.5, 0.6) is 0 Å². The number of aryl methyl sites for hydroxylation is 1. The Balaban J connectivity index is 3.03. The highest BCUT2D eigenvalue weighted by Gasteiger charge is 2.14. The van der Waals surface area contributed by atoms with Crippen molar-refractivity contribution in [1.29, 1.82) is 0 Å². The lowest BCUT2D eigenvalue weighted by atomic mass is 10.3. The maximum absolute atomic E-state index is 10.9. The number of hydrogen-bond donors (Lipinski definition) is 0. The predicted molar refractivity (Wildman–Crippen MR) is 42.5 cm³/mol. The summed E-state index contributed by atoms with van der Waals surface area (Å²) < 4.78 is 9.97. The molecule has 0 aliphatic heterocycles. The zero-order valence-electron chi connectivity index (χ0n) is 6.18. The Kier molecular flexibility index (Phi) is 2.34. The molecule has 4 heteroatoms. The zero-order valence-corrected chi connectivity index (χ0v) is 7.77. The highest BCUT2D eigenvalue weighted by atomic mass is 79.9. The molecule has 1 aromatic heterocycles. The van der Waals surface area contributed by atoms with Gasteiger partial charge < -0.3 is 9.15 Å². The summed E-state index contributed by atoms with van der Waals surface area (Å²) in [6.07, 6.45) is 0. The van der Waals surface area contributed by atoms with E-state index in [2.05, 4.69) is 20.7 Å². The fourth-order valence-electron chi connectivity index (χ4n) is 0.735. The number of carbonyl (C=O) groups is 1. The standard InChI is InChI=1S/C7H7BrO3/c1-4-3-5(6(8)11-4)7(9)10-2/h3H,1-2H3. The van der Waals surface area contributed by atoms with Gasteiger partial charge in [0.2, 0.25) is 0 Å². The van der Waals surface area contributed by atoms with Gasteiger partial charge in [0.1, 0.15) is 11.3 Å². The Morgan fingerprint density at radius 3 is 2.73 bits per heavy atom. The van der Waals surface area contributed by atoms with Crippen molar-refractivity contribution in [2.45, 2.75) is 6.92 Å². The van der Waals surface area contributed by atoms with Crippen molar-refractivity contribution in [2.75, 3.05) is 7.11 Å². The van der Waals surface area contributed by atoms with Crippen LogP contribution in [0, 0.1) is 6.92 Å². The number of esters is 1. The number of halogens is 1. The summed E-state index contributed by atoms with van der Waals surface area (Å²) >= 11 is 3.09. The summed E-state index contributed by atoms with van der Waals surface area (Å²) in [5, 5.41) is 0. The van der Waals surface area contributed by atoms with Crippen molar-refractivity contribution >= 4 is 21.9 Å². The van der Waals surface area contributed by atoms with Crippen molar-refractivity contribution in [2.24, 2.45) is 0 Å². The second-order valence-electron chi connectivity index (χ2n) is 2.04. The summed E-state index contributed by atoms with van der Waals surface area (Å²) in [5.74, 6) is 0.283. The van der Waals surface area contributed by atoms with Crippen molar-refractivity contribution in [1.82, 2.24) is 0 Å². The SMILES string of the molecule is COC(=O)c1cc(C)oc1Br. The molecular formula is C7H7BrO3. The van der Waals surface area contributed by atoms with Gasteiger partial charge in [-0.05, 0) is 28.9 Å². The van der Waals surface area contributed by atoms with E-state index in [-0.39, 0.29) is 0 Å². The van der Waals surface area contributed by atoms with Gasteiger partial charge in [0.05, 0.1) is 7.11 Å². The van der Waals surface area contributed by atoms with Crippen LogP contribution in [-0.2, 0) is 4.74 Å². The van der Waals surface area contributed by atoms with Gasteiger partial charge in [0.15, 0.2) is 4.67 Å². The number of hydrogen-bond acceptors (Lipinski definition) is 3. The number of ether oxygens (including phenoxy) is 1. The van der Waals surface area contributed by atoms with Crippen LogP contribution in [0.4, 0.5) is 0 Å². The van der Waals surface area contributed by atoms with E-state index in [0.717, 1.165) is 0 Å². The first-order valence-corrected chi connectivity index (χ1v) is 3.78. The lowest BCUT2D eigenvalue weighted by Gasteiger charge is -1.92. The normalized spacial score (nSPS) is 9.73. The molecule has 11 heavy (non-hydrogen) atoms. The summed E-state index contributed by atoms with van der Waals surface area (Å²) in [6.45, 7) is 1.76. The molecular weight excluding hydrogens is 212 g/mol. The molecule has 1 rings (SSSR count). The average Bonchev–Trinajstić information content (AvgIpc) is 2.28. The molecule has 0 atom stereocenters. The molecule has 0 spiro atoms. The minimum Gasteiger partial charge on any atom is -0.465 e. The second-order valence-corrected chi connectivity index (χ2v) is 2.76. The largest absolute Gasteiger partial charge is 0.465 e. The molecule has 0 aromatic carbocycles. The lowest BCUT2D eigenvalue weighted by molar-refractivity contribution is 0.0598. The number of methoxy groups -OCH3 is 1. The molecule has 1 heterocycles. The van der Waals surface area contributed by atoms with Crippen LogP contribution in [0.2, 0.25) is 0 Å². The molecule has 0 saturated heterocycles. The van der Waals surface area contributed by atoms with E-state index in [9.17, 15) is 4.79 Å². The van der Waals surface area contributed by atoms with Crippen LogP contribution >= 0.6 is 15.9 Å². The summed E-state index contributed by atoms with van der Waals surface area (Å²) in [6, 6.07) is 1.62. The quantitative estimate of drug-likeness (QED) is 0.679. The third kappa shape index (κ3) is 1.63. The molecule has 0 radical (unpaired) electrons. The van der Waals surface area contributed by atoms with Crippen LogP contribution in [0.15, 0.2) is 15.2 Å². The molecule has 0 fully saturated rings. The fourth-order valence-corrected chi connectivity index (χ4v) is 1.27. The fraction of sp³-hybridized carbons (Fsp3) is 0.286. The average molecular weight is 219 g/mol. The Labute approximate surface area is 72.5 Å². The van der Waals surface area contributed by atoms with Crippen LogP contribution in [0.1, 0.15) is 16.1 Å². The topological polar surface area (TPSA) is 39.4 Å². The van der Waals surface area contributed by atoms with E-state index >= 15 is 0 Å². The monoisotopic (exact) mass is 218 g/mol. The van der Waals surface area contributed by atoms with Crippen LogP contribution < -0.4 is 0 Å². The Morgan fingerprint density at radius 2 is 2.36 bits per heavy atom. The highest BCUT2D eigenvalue weighted by Crippen LogP contribution is 2.21. The number of rotatable bonds is 1. The molecule has 60 valence electrons. The second kappa shape index (κ2) is 3.09. The minimum absolute atomic E-state index is 0.395. The van der Waals surface area contributed by atoms with Gasteiger partial charge in [0, 0.05) is 0 Å². The molecule has 0 amide bonds. The Hall–Kier alpha value is -0.770. The number of furan rings is 1. The third-order valence-corrected chi connectivity index (χ3v) is 1.80. The smallest absolute Gasteiger partial charge is 0.342 e. The predicted octanol–water partition coefficient (Wildman–Crippen LogP) is 2.14. The first-order chi connectivity index (χ1) is 5.15. The molecule has 0 aliphatic rings. The first-order valence-electron chi connectivity index (χ1n) is 2.99. The molecule has 0 N–H and O–H groups in total. The van der Waals surface area contributed by atoms with E-state index in [1.54, 1.807) is 13.0 Å². The third-order valence-electron chi connectivity index (χ3n) is 1.22. The van der Waals surface area contributed by atoms with Gasteiger partial charge in [0.25, 0.3) is 0 Å². The summed E-state index contributed by atoms with van der Waals surface area (Å²) in [5.41, 5.74) is 0.421. The highest BCUT2D eigenvalue weighted by molar-refractivity contribution is 9.10. The maximum atomic E-state index is 10.9. The van der Waals surface area contributed by atoms with Gasteiger partial charge in [-0.3, -0.25) is 0 Å². The van der Waals surface area contributed by atoms with E-state index in [0.29, 0.717) is 16.0 Å². The van der Waals surface area contributed by atoms with Crippen molar-refractivity contribution < 1.29 is 13.9 Å². The molecule has 0 aliphatic carbocycles. The molecule has 3 nitrogen and oxygen atoms in total. The van der Waals surface area contributed by atoms with Gasteiger partial charge in [-0.25, -0.2) is 4.79 Å². The molecule has 0 saturated carbocycles. The van der Waals surface area contributed by atoms with Gasteiger partial charge in [-0.1, -0.05) is 0 Å². The van der Waals surface area contributed by atoms with Crippen molar-refractivity contribution in [3.05, 3.63) is 22.1 Å². The van der Waals surface area contributed by atoms with Gasteiger partial charge >= 0.3 is 5.97 Å². The first kappa shape index (κ1) is 8.33. The van der Waals surface area contributed by atoms with Crippen molar-refractivity contribution in [3.8, 4) is 0 Å². The molecule has 0 unspecified atom stereocenters. The van der Waals surface area contributed by atoms with Gasteiger partial charge in [-0.2, -0.15) is 0 Å². The summed E-state index contributed by atoms with van der Waals surface area (Å²) in [7, 11) is 1.33. The van der Waals surface area contributed by atoms with E-state index in [1.807, 2.05) is 0 Å². The maximum Gasteiger partial charge on any atom is 0.342 e. The zero-order chi connectivity index (χ0) is 8.43.